The zero-order chi connectivity index (χ0) is 17.8. The minimum Gasteiger partial charge on any atom is -0.468 e. The molecule has 0 unspecified atom stereocenters. The summed E-state index contributed by atoms with van der Waals surface area (Å²) in [4.78, 5) is 11.3. The molecule has 25 heavy (non-hydrogen) atoms. The Morgan fingerprint density at radius 3 is 2.60 bits per heavy atom. The summed E-state index contributed by atoms with van der Waals surface area (Å²) >= 11 is 12.3. The number of nitrogens with one attached hydrogen (secondary N) is 1. The van der Waals surface area contributed by atoms with Crippen molar-refractivity contribution < 1.29 is 9.53 Å². The Kier molecular flexibility index (Phi) is 6.00. The van der Waals surface area contributed by atoms with Crippen LogP contribution >= 0.6 is 23.2 Å². The number of carbonyl (C=O) groups excluding carboxylic acids is 1. The lowest BCUT2D eigenvalue weighted by molar-refractivity contribution is -0.139. The van der Waals surface area contributed by atoms with E-state index in [1.165, 1.54) is 23.8 Å². The van der Waals surface area contributed by atoms with Gasteiger partial charge in [-0.2, -0.15) is 0 Å². The number of benzene rings is 2. The van der Waals surface area contributed by atoms with Crippen LogP contribution in [0.4, 0.5) is 0 Å². The van der Waals surface area contributed by atoms with Crippen molar-refractivity contribution in [1.82, 2.24) is 5.32 Å². The van der Waals surface area contributed by atoms with Gasteiger partial charge < -0.3 is 10.1 Å². The quantitative estimate of drug-likeness (QED) is 0.762. The minimum absolute atomic E-state index is 0.238. The van der Waals surface area contributed by atoms with E-state index in [0.29, 0.717) is 21.9 Å². The fourth-order valence-corrected chi connectivity index (χ4v) is 3.89. The van der Waals surface area contributed by atoms with Crippen molar-refractivity contribution in [2.45, 2.75) is 24.7 Å². The molecule has 5 heteroatoms. The van der Waals surface area contributed by atoms with Crippen LogP contribution in [0.3, 0.4) is 0 Å². The van der Waals surface area contributed by atoms with Gasteiger partial charge in [0.05, 0.1) is 23.7 Å². The van der Waals surface area contributed by atoms with Crippen LogP contribution in [-0.2, 0) is 9.53 Å². The van der Waals surface area contributed by atoms with Crippen molar-refractivity contribution in [3.05, 3.63) is 69.2 Å². The summed E-state index contributed by atoms with van der Waals surface area (Å²) in [5.41, 5.74) is 3.86. The Labute approximate surface area is 158 Å². The first-order chi connectivity index (χ1) is 12.1. The van der Waals surface area contributed by atoms with E-state index >= 15 is 0 Å². The summed E-state index contributed by atoms with van der Waals surface area (Å²) in [7, 11) is 1.40. The molecule has 2 aromatic carbocycles. The highest BCUT2D eigenvalue weighted by atomic mass is 35.5. The third kappa shape index (κ3) is 4.17. The molecule has 0 radical (unpaired) electrons. The van der Waals surface area contributed by atoms with E-state index in [4.69, 9.17) is 23.2 Å². The fourth-order valence-electron chi connectivity index (χ4n) is 3.59. The van der Waals surface area contributed by atoms with Crippen LogP contribution in [0.1, 0.15) is 41.4 Å². The first-order valence-electron chi connectivity index (χ1n) is 8.41. The summed E-state index contributed by atoms with van der Waals surface area (Å²) < 4.78 is 4.68. The van der Waals surface area contributed by atoms with Gasteiger partial charge in [0.15, 0.2) is 0 Å². The Morgan fingerprint density at radius 1 is 1.12 bits per heavy atom. The lowest BCUT2D eigenvalue weighted by atomic mass is 9.74. The third-order valence-electron chi connectivity index (χ3n) is 4.85. The first kappa shape index (κ1) is 18.2. The number of carbonyl (C=O) groups is 1. The zero-order valence-corrected chi connectivity index (χ0v) is 15.6. The normalized spacial score (nSPS) is 19.3. The molecule has 0 saturated carbocycles. The van der Waals surface area contributed by atoms with Crippen LogP contribution < -0.4 is 5.32 Å². The lowest BCUT2D eigenvalue weighted by Gasteiger charge is -2.32. The van der Waals surface area contributed by atoms with Gasteiger partial charge in [-0.1, -0.05) is 53.5 Å². The highest BCUT2D eigenvalue weighted by Crippen LogP contribution is 2.42. The summed E-state index contributed by atoms with van der Waals surface area (Å²) in [5.74, 6) is 0.473. The van der Waals surface area contributed by atoms with Gasteiger partial charge in [0, 0.05) is 12.5 Å². The van der Waals surface area contributed by atoms with Gasteiger partial charge in [-0.05, 0) is 47.6 Å². The molecule has 0 fully saturated rings. The summed E-state index contributed by atoms with van der Waals surface area (Å²) in [6.07, 6.45) is 2.09. The van der Waals surface area contributed by atoms with Crippen molar-refractivity contribution in [1.29, 1.82) is 0 Å². The van der Waals surface area contributed by atoms with E-state index in [1.54, 1.807) is 0 Å². The molecule has 2 atom stereocenters. The summed E-state index contributed by atoms with van der Waals surface area (Å²) in [5, 5.41) is 4.38. The van der Waals surface area contributed by atoms with E-state index in [-0.39, 0.29) is 12.5 Å². The standard InChI is InChI=1S/C20H21Cl2NO2/c1-25-20(24)12-23-11-14-6-8-16(17-5-3-2-4-15(14)17)13-7-9-18(21)19(22)10-13/h2-5,7,9-10,14,16,23H,6,8,11-12H2,1H3/t14-,16+/m1/s1. The Hall–Kier alpha value is -1.55. The molecule has 0 bridgehead atoms. The molecular weight excluding hydrogens is 357 g/mol. The highest BCUT2D eigenvalue weighted by Gasteiger charge is 2.28. The van der Waals surface area contributed by atoms with Crippen molar-refractivity contribution in [3.63, 3.8) is 0 Å². The summed E-state index contributed by atoms with van der Waals surface area (Å²) in [6, 6.07) is 14.4. The zero-order valence-electron chi connectivity index (χ0n) is 14.1. The van der Waals surface area contributed by atoms with Crippen molar-refractivity contribution in [2.75, 3.05) is 20.2 Å². The molecule has 1 aliphatic carbocycles. The van der Waals surface area contributed by atoms with Crippen molar-refractivity contribution in [2.24, 2.45) is 0 Å². The molecule has 0 saturated heterocycles. The number of hydrogen-bond donors (Lipinski definition) is 1. The van der Waals surface area contributed by atoms with E-state index in [9.17, 15) is 4.79 Å². The predicted molar refractivity (Wildman–Crippen MR) is 102 cm³/mol. The number of fused-ring (bicyclic) bond motifs is 1. The van der Waals surface area contributed by atoms with Gasteiger partial charge in [0.2, 0.25) is 0 Å². The maximum Gasteiger partial charge on any atom is 0.319 e. The molecule has 132 valence electrons. The molecule has 0 spiro atoms. The van der Waals surface area contributed by atoms with Crippen LogP contribution in [0.25, 0.3) is 0 Å². The second-order valence-corrected chi connectivity index (χ2v) is 7.15. The molecule has 0 heterocycles. The molecular formula is C20H21Cl2NO2. The van der Waals surface area contributed by atoms with E-state index in [2.05, 4.69) is 40.4 Å². The Bertz CT molecular complexity index is 763. The monoisotopic (exact) mass is 377 g/mol. The van der Waals surface area contributed by atoms with Crippen molar-refractivity contribution in [3.8, 4) is 0 Å². The summed E-state index contributed by atoms with van der Waals surface area (Å²) in [6.45, 7) is 1.01. The van der Waals surface area contributed by atoms with E-state index in [1.807, 2.05) is 12.1 Å². The molecule has 3 nitrogen and oxygen atoms in total. The topological polar surface area (TPSA) is 38.3 Å². The second kappa shape index (κ2) is 8.22. The molecule has 1 aliphatic rings. The van der Waals surface area contributed by atoms with Crippen molar-refractivity contribution >= 4 is 29.2 Å². The maximum atomic E-state index is 11.3. The van der Waals surface area contributed by atoms with Gasteiger partial charge in [-0.3, -0.25) is 4.79 Å². The smallest absolute Gasteiger partial charge is 0.319 e. The van der Waals surface area contributed by atoms with Crippen LogP contribution in [-0.4, -0.2) is 26.2 Å². The van der Waals surface area contributed by atoms with E-state index < -0.39 is 0 Å². The van der Waals surface area contributed by atoms with Gasteiger partial charge in [0.1, 0.15) is 0 Å². The molecule has 2 aromatic rings. The van der Waals surface area contributed by atoms with Gasteiger partial charge in [0.25, 0.3) is 0 Å². The number of hydrogen-bond acceptors (Lipinski definition) is 3. The number of rotatable bonds is 5. The molecule has 0 aliphatic heterocycles. The first-order valence-corrected chi connectivity index (χ1v) is 9.17. The van der Waals surface area contributed by atoms with Crippen LogP contribution in [0, 0.1) is 0 Å². The number of esters is 1. The van der Waals surface area contributed by atoms with Crippen LogP contribution in [0.2, 0.25) is 10.0 Å². The lowest BCUT2D eigenvalue weighted by Crippen LogP contribution is -2.30. The third-order valence-corrected chi connectivity index (χ3v) is 5.59. The molecule has 0 aromatic heterocycles. The second-order valence-electron chi connectivity index (χ2n) is 6.34. The van der Waals surface area contributed by atoms with Gasteiger partial charge in [-0.25, -0.2) is 0 Å². The fraction of sp³-hybridized carbons (Fsp3) is 0.350. The average Bonchev–Trinajstić information content (AvgIpc) is 2.64. The minimum atomic E-state index is -0.238. The maximum absolute atomic E-state index is 11.3. The van der Waals surface area contributed by atoms with Gasteiger partial charge >= 0.3 is 5.97 Å². The largest absolute Gasteiger partial charge is 0.468 e. The number of ether oxygens (including phenoxy) is 1. The Balaban J connectivity index is 1.81. The van der Waals surface area contributed by atoms with Gasteiger partial charge in [-0.15, -0.1) is 0 Å². The van der Waals surface area contributed by atoms with E-state index in [0.717, 1.165) is 19.4 Å². The average molecular weight is 378 g/mol. The Morgan fingerprint density at radius 2 is 1.88 bits per heavy atom. The van der Waals surface area contributed by atoms with Crippen LogP contribution in [0.15, 0.2) is 42.5 Å². The van der Waals surface area contributed by atoms with Crippen LogP contribution in [0.5, 0.6) is 0 Å². The number of halogens is 2. The molecule has 3 rings (SSSR count). The molecule has 1 N–H and O–H groups in total. The predicted octanol–water partition coefficient (Wildman–Crippen LogP) is 4.77. The number of methoxy groups -OCH3 is 1. The highest BCUT2D eigenvalue weighted by molar-refractivity contribution is 6.42. The molecule has 0 amide bonds. The SMILES string of the molecule is COC(=O)CNC[C@H]1CC[C@@H](c2ccc(Cl)c(Cl)c2)c2ccccc21.